The highest BCUT2D eigenvalue weighted by molar-refractivity contribution is 14.0. The molecule has 0 aliphatic heterocycles. The van der Waals surface area contributed by atoms with Crippen LogP contribution in [-0.4, -0.2) is 26.7 Å². The topological polar surface area (TPSA) is 45.7 Å². The number of hydrogen-bond donors (Lipinski definition) is 2. The van der Waals surface area contributed by atoms with Gasteiger partial charge in [-0.3, -0.25) is 4.99 Å². The monoisotopic (exact) mass is 467 g/mol. The lowest BCUT2D eigenvalue weighted by Crippen LogP contribution is -2.40. The van der Waals surface area contributed by atoms with Crippen molar-refractivity contribution in [2.75, 3.05) is 20.7 Å². The van der Waals surface area contributed by atoms with E-state index >= 15 is 0 Å². The summed E-state index contributed by atoms with van der Waals surface area (Å²) in [7, 11) is 3.48. The van der Waals surface area contributed by atoms with Crippen molar-refractivity contribution in [2.45, 2.75) is 25.8 Å². The Morgan fingerprint density at radius 1 is 1.38 bits per heavy atom. The Morgan fingerprint density at radius 2 is 2.14 bits per heavy atom. The summed E-state index contributed by atoms with van der Waals surface area (Å²) in [5.74, 6) is 2.53. The van der Waals surface area contributed by atoms with Gasteiger partial charge >= 0.3 is 0 Å². The largest absolute Gasteiger partial charge is 0.497 e. The van der Waals surface area contributed by atoms with Crippen LogP contribution in [0.1, 0.15) is 24.8 Å². The first-order valence-corrected chi connectivity index (χ1v) is 7.79. The van der Waals surface area contributed by atoms with Crippen molar-refractivity contribution < 1.29 is 4.74 Å². The second-order valence-electron chi connectivity index (χ2n) is 5.06. The first kappa shape index (κ1) is 18.5. The number of nitrogens with zero attached hydrogens (tertiary/aromatic N) is 1. The summed E-state index contributed by atoms with van der Waals surface area (Å²) in [6.45, 7) is 1.72. The molecule has 2 rings (SSSR count). The third kappa shape index (κ3) is 5.65. The molecule has 4 nitrogen and oxygen atoms in total. The van der Waals surface area contributed by atoms with Gasteiger partial charge in [-0.2, -0.15) is 0 Å². The van der Waals surface area contributed by atoms with Crippen molar-refractivity contribution in [2.24, 2.45) is 10.9 Å². The minimum Gasteiger partial charge on any atom is -0.497 e. The molecule has 6 heteroatoms. The zero-order chi connectivity index (χ0) is 14.4. The van der Waals surface area contributed by atoms with Gasteiger partial charge in [-0.25, -0.2) is 0 Å². The zero-order valence-electron chi connectivity index (χ0n) is 12.5. The average Bonchev–Trinajstić information content (AvgIpc) is 2.42. The Morgan fingerprint density at radius 3 is 2.71 bits per heavy atom. The third-order valence-corrected chi connectivity index (χ3v) is 4.48. The maximum Gasteiger partial charge on any atom is 0.191 e. The molecule has 2 N–H and O–H groups in total. The molecule has 0 heterocycles. The predicted molar refractivity (Wildman–Crippen MR) is 102 cm³/mol. The van der Waals surface area contributed by atoms with Gasteiger partial charge in [0.05, 0.1) is 7.11 Å². The van der Waals surface area contributed by atoms with Crippen LogP contribution in [0.3, 0.4) is 0 Å². The summed E-state index contributed by atoms with van der Waals surface area (Å²) in [5, 5.41) is 6.72. The lowest BCUT2D eigenvalue weighted by atomic mass is 9.85. The summed E-state index contributed by atoms with van der Waals surface area (Å²) in [6.07, 6.45) is 4.05. The number of guanidine groups is 1. The molecule has 0 saturated heterocycles. The lowest BCUT2D eigenvalue weighted by Gasteiger charge is -2.26. The first-order chi connectivity index (χ1) is 9.72. The summed E-state index contributed by atoms with van der Waals surface area (Å²) in [6, 6.07) is 5.97. The molecule has 1 aromatic rings. The molecule has 0 radical (unpaired) electrons. The molecule has 1 aromatic carbocycles. The molecule has 0 atom stereocenters. The van der Waals surface area contributed by atoms with E-state index in [1.165, 1.54) is 19.3 Å². The normalized spacial score (nSPS) is 14.9. The lowest BCUT2D eigenvalue weighted by molar-refractivity contribution is 0.314. The molecule has 0 amide bonds. The molecular formula is C15H23BrIN3O. The van der Waals surface area contributed by atoms with E-state index < -0.39 is 0 Å². The third-order valence-electron chi connectivity index (χ3n) is 3.71. The molecule has 0 unspecified atom stereocenters. The number of halogens is 2. The van der Waals surface area contributed by atoms with Crippen LogP contribution in [0.5, 0.6) is 5.75 Å². The molecule has 0 spiro atoms. The van der Waals surface area contributed by atoms with Crippen LogP contribution in [0, 0.1) is 5.92 Å². The van der Waals surface area contributed by atoms with Gasteiger partial charge in [0.15, 0.2) is 5.96 Å². The number of rotatable bonds is 5. The van der Waals surface area contributed by atoms with Crippen LogP contribution in [0.15, 0.2) is 27.7 Å². The van der Waals surface area contributed by atoms with Gasteiger partial charge in [0.1, 0.15) is 5.75 Å². The molecular weight excluding hydrogens is 445 g/mol. The van der Waals surface area contributed by atoms with Gasteiger partial charge in [-0.05, 0) is 42.5 Å². The number of nitrogens with one attached hydrogen (secondary N) is 2. The summed E-state index contributed by atoms with van der Waals surface area (Å²) in [5.41, 5.74) is 1.15. The van der Waals surface area contributed by atoms with E-state index in [1.807, 2.05) is 18.2 Å². The Hall–Kier alpha value is -0.500. The summed E-state index contributed by atoms with van der Waals surface area (Å²) < 4.78 is 6.32. The average molecular weight is 468 g/mol. The Kier molecular flexibility index (Phi) is 8.39. The van der Waals surface area contributed by atoms with Crippen molar-refractivity contribution in [3.8, 4) is 5.75 Å². The maximum atomic E-state index is 5.25. The molecule has 1 aliphatic rings. The van der Waals surface area contributed by atoms with Gasteiger partial charge in [-0.15, -0.1) is 24.0 Å². The number of methoxy groups -OCH3 is 1. The highest BCUT2D eigenvalue weighted by atomic mass is 127. The van der Waals surface area contributed by atoms with Crippen molar-refractivity contribution in [3.63, 3.8) is 0 Å². The molecule has 1 fully saturated rings. The highest BCUT2D eigenvalue weighted by Gasteiger charge is 2.17. The van der Waals surface area contributed by atoms with E-state index in [0.29, 0.717) is 6.54 Å². The van der Waals surface area contributed by atoms with Crippen molar-refractivity contribution in [3.05, 3.63) is 28.2 Å². The van der Waals surface area contributed by atoms with Gasteiger partial charge < -0.3 is 15.4 Å². The minimum absolute atomic E-state index is 0. The van der Waals surface area contributed by atoms with Crippen LogP contribution < -0.4 is 15.4 Å². The Labute approximate surface area is 152 Å². The van der Waals surface area contributed by atoms with Crippen molar-refractivity contribution >= 4 is 45.9 Å². The SMILES string of the molecule is CN=C(NCc1cc(OC)ccc1Br)NCC1CCC1.I. The van der Waals surface area contributed by atoms with E-state index in [2.05, 4.69) is 31.6 Å². The van der Waals surface area contributed by atoms with Crippen LogP contribution >= 0.6 is 39.9 Å². The van der Waals surface area contributed by atoms with E-state index in [9.17, 15) is 0 Å². The number of ether oxygens (including phenoxy) is 1. The first-order valence-electron chi connectivity index (χ1n) is 7.00. The van der Waals surface area contributed by atoms with Crippen LogP contribution in [0.2, 0.25) is 0 Å². The fraction of sp³-hybridized carbons (Fsp3) is 0.533. The zero-order valence-corrected chi connectivity index (χ0v) is 16.4. The second-order valence-corrected chi connectivity index (χ2v) is 5.92. The van der Waals surface area contributed by atoms with E-state index in [0.717, 1.165) is 34.2 Å². The van der Waals surface area contributed by atoms with E-state index in [1.54, 1.807) is 14.2 Å². The van der Waals surface area contributed by atoms with Gasteiger partial charge in [0.25, 0.3) is 0 Å². The van der Waals surface area contributed by atoms with Gasteiger partial charge in [0, 0.05) is 24.6 Å². The van der Waals surface area contributed by atoms with Crippen LogP contribution in [0.4, 0.5) is 0 Å². The number of benzene rings is 1. The fourth-order valence-corrected chi connectivity index (χ4v) is 2.54. The smallest absolute Gasteiger partial charge is 0.191 e. The quantitative estimate of drug-likeness (QED) is 0.395. The minimum atomic E-state index is 0. The summed E-state index contributed by atoms with van der Waals surface area (Å²) >= 11 is 3.56. The van der Waals surface area contributed by atoms with Crippen molar-refractivity contribution in [1.82, 2.24) is 10.6 Å². The molecule has 21 heavy (non-hydrogen) atoms. The highest BCUT2D eigenvalue weighted by Crippen LogP contribution is 2.25. The van der Waals surface area contributed by atoms with Crippen LogP contribution in [0.25, 0.3) is 0 Å². The molecule has 0 aromatic heterocycles. The molecule has 0 bridgehead atoms. The molecule has 1 aliphatic carbocycles. The van der Waals surface area contributed by atoms with Crippen LogP contribution in [-0.2, 0) is 6.54 Å². The summed E-state index contributed by atoms with van der Waals surface area (Å²) in [4.78, 5) is 4.25. The molecule has 1 saturated carbocycles. The maximum absolute atomic E-state index is 5.25. The molecule has 118 valence electrons. The predicted octanol–water partition coefficient (Wildman–Crippen LogP) is 3.54. The Balaban J connectivity index is 0.00000220. The van der Waals surface area contributed by atoms with E-state index in [-0.39, 0.29) is 24.0 Å². The number of hydrogen-bond acceptors (Lipinski definition) is 2. The number of aliphatic imine (C=N–C) groups is 1. The second kappa shape index (κ2) is 9.50. The fourth-order valence-electron chi connectivity index (χ4n) is 2.15. The van der Waals surface area contributed by atoms with Crippen molar-refractivity contribution in [1.29, 1.82) is 0 Å². The Bertz CT molecular complexity index is 478. The van der Waals surface area contributed by atoms with E-state index in [4.69, 9.17) is 4.74 Å². The van der Waals surface area contributed by atoms with Gasteiger partial charge in [0.2, 0.25) is 0 Å². The van der Waals surface area contributed by atoms with Gasteiger partial charge in [-0.1, -0.05) is 22.4 Å². The standard InChI is InChI=1S/C15H22BrN3O.HI/c1-17-15(18-9-11-4-3-5-11)19-10-12-8-13(20-2)6-7-14(12)16;/h6-8,11H,3-5,9-10H2,1-2H3,(H2,17,18,19);1H.